The fourth-order valence-electron chi connectivity index (χ4n) is 5.25. The van der Waals surface area contributed by atoms with E-state index in [0.29, 0.717) is 19.6 Å². The molecule has 3 atom stereocenters. The topological polar surface area (TPSA) is 96.0 Å². The number of ether oxygens (including phenoxy) is 1. The average molecular weight is 508 g/mol. The maximum absolute atomic E-state index is 13.3. The van der Waals surface area contributed by atoms with Crippen molar-refractivity contribution in [1.29, 1.82) is 0 Å². The van der Waals surface area contributed by atoms with Crippen LogP contribution >= 0.6 is 0 Å². The molecule has 0 aromatic heterocycles. The summed E-state index contributed by atoms with van der Waals surface area (Å²) >= 11 is 0. The fraction of sp³-hybridized carbons (Fsp3) is 0.692. The molecule has 1 amide bonds. The lowest BCUT2D eigenvalue weighted by Crippen LogP contribution is -2.45. The summed E-state index contributed by atoms with van der Waals surface area (Å²) in [6, 6.07) is 5.93. The van der Waals surface area contributed by atoms with Gasteiger partial charge >= 0.3 is 0 Å². The third-order valence-electron chi connectivity index (χ3n) is 7.17. The van der Waals surface area contributed by atoms with Crippen molar-refractivity contribution in [2.75, 3.05) is 45.6 Å². The van der Waals surface area contributed by atoms with Gasteiger partial charge in [-0.2, -0.15) is 0 Å². The molecule has 2 aliphatic heterocycles. The Balaban J connectivity index is 1.81. The van der Waals surface area contributed by atoms with Gasteiger partial charge < -0.3 is 14.4 Å². The molecule has 1 N–H and O–H groups in total. The fourth-order valence-corrected chi connectivity index (χ4v) is 5.74. The first-order valence-electron chi connectivity index (χ1n) is 12.9. The van der Waals surface area contributed by atoms with E-state index in [9.17, 15) is 18.0 Å². The summed E-state index contributed by atoms with van der Waals surface area (Å²) in [5.41, 5.74) is 2.23. The summed E-state index contributed by atoms with van der Waals surface area (Å²) in [5, 5.41) is 0. The van der Waals surface area contributed by atoms with Crippen LogP contribution in [-0.2, 0) is 26.0 Å². The Kier molecular flexibility index (Phi) is 10.1. The third kappa shape index (κ3) is 7.51. The number of rotatable bonds is 14. The summed E-state index contributed by atoms with van der Waals surface area (Å²) in [6.45, 7) is 7.47. The Morgan fingerprint density at radius 3 is 2.57 bits per heavy atom. The molecule has 8 nitrogen and oxygen atoms in total. The zero-order valence-electron chi connectivity index (χ0n) is 21.4. The lowest BCUT2D eigenvalue weighted by molar-refractivity contribution is -0.133. The van der Waals surface area contributed by atoms with Gasteiger partial charge in [-0.3, -0.25) is 9.69 Å². The van der Waals surface area contributed by atoms with Crippen molar-refractivity contribution in [2.24, 2.45) is 5.92 Å². The van der Waals surface area contributed by atoms with Gasteiger partial charge in [-0.15, -0.1) is 0 Å². The second-order valence-corrected chi connectivity index (χ2v) is 11.7. The summed E-state index contributed by atoms with van der Waals surface area (Å²) in [7, 11) is -3.33. The Hall–Kier alpha value is -1.97. The van der Waals surface area contributed by atoms with Crippen LogP contribution in [0.25, 0.3) is 0 Å². The summed E-state index contributed by atoms with van der Waals surface area (Å²) in [4.78, 5) is 29.8. The first-order chi connectivity index (χ1) is 16.8. The van der Waals surface area contributed by atoms with E-state index in [4.69, 9.17) is 4.74 Å². The van der Waals surface area contributed by atoms with Gasteiger partial charge in [0.25, 0.3) is 0 Å². The van der Waals surface area contributed by atoms with Crippen LogP contribution in [0, 0.1) is 5.92 Å². The number of unbranched alkanes of at least 4 members (excludes halogenated alkanes) is 2. The zero-order valence-corrected chi connectivity index (χ0v) is 22.2. The van der Waals surface area contributed by atoms with Crippen molar-refractivity contribution in [1.82, 2.24) is 14.5 Å². The highest BCUT2D eigenvalue weighted by molar-refractivity contribution is 7.88. The Morgan fingerprint density at radius 1 is 1.23 bits per heavy atom. The number of carbonyl (C=O) groups is 2. The van der Waals surface area contributed by atoms with E-state index in [-0.39, 0.29) is 36.9 Å². The molecule has 0 radical (unpaired) electrons. The number of aldehydes is 1. The minimum atomic E-state index is -3.33. The number of nitrogens with zero attached hydrogens (tertiary/aromatic N) is 2. The molecule has 1 saturated heterocycles. The van der Waals surface area contributed by atoms with Gasteiger partial charge in [0.15, 0.2) is 0 Å². The van der Waals surface area contributed by atoms with Crippen LogP contribution in [0.3, 0.4) is 0 Å². The quantitative estimate of drug-likeness (QED) is 0.389. The van der Waals surface area contributed by atoms with E-state index in [0.717, 1.165) is 74.6 Å². The number of nitrogens with one attached hydrogen (secondary N) is 1. The number of amides is 1. The predicted octanol–water partition coefficient (Wildman–Crippen LogP) is 2.57. The van der Waals surface area contributed by atoms with Crippen molar-refractivity contribution in [2.45, 2.75) is 64.3 Å². The molecule has 1 aromatic carbocycles. The lowest BCUT2D eigenvalue weighted by Gasteiger charge is -2.29. The Morgan fingerprint density at radius 2 is 1.94 bits per heavy atom. The Bertz CT molecular complexity index is 960. The van der Waals surface area contributed by atoms with Gasteiger partial charge in [-0.1, -0.05) is 38.8 Å². The lowest BCUT2D eigenvalue weighted by atomic mass is 9.84. The van der Waals surface area contributed by atoms with E-state index < -0.39 is 10.0 Å². The molecule has 3 rings (SSSR count). The monoisotopic (exact) mass is 507 g/mol. The summed E-state index contributed by atoms with van der Waals surface area (Å²) in [6.07, 6.45) is 7.44. The van der Waals surface area contributed by atoms with Crippen molar-refractivity contribution in [3.63, 3.8) is 0 Å². The van der Waals surface area contributed by atoms with Crippen LogP contribution in [0.4, 0.5) is 0 Å². The molecule has 2 aliphatic rings. The van der Waals surface area contributed by atoms with Crippen molar-refractivity contribution in [3.05, 3.63) is 29.3 Å². The molecular formula is C26H41N3O5S. The standard InChI is InChI=1S/C26H41N3O5S/c1-4-6-13-28(14-7-5-2)26(31)18-29-17-22(20-8-9-25-21(16-20)11-15-34-25)23(19-30)24(29)10-12-27-35(3,32)33/h8-9,16,19,22-24,27H,4-7,10-15,17-18H2,1-3H3/t22-,23-,24+/m1/s1. The number of benzene rings is 1. The minimum absolute atomic E-state index is 0.0471. The van der Waals surface area contributed by atoms with E-state index >= 15 is 0 Å². The van der Waals surface area contributed by atoms with Crippen molar-refractivity contribution in [3.8, 4) is 5.75 Å². The summed E-state index contributed by atoms with van der Waals surface area (Å²) in [5.74, 6) is 0.622. The van der Waals surface area contributed by atoms with Crippen molar-refractivity contribution >= 4 is 22.2 Å². The Labute approximate surface area is 210 Å². The van der Waals surface area contributed by atoms with E-state index in [1.165, 1.54) is 0 Å². The van der Waals surface area contributed by atoms with E-state index in [2.05, 4.69) is 29.5 Å². The first kappa shape index (κ1) is 27.6. The largest absolute Gasteiger partial charge is 0.493 e. The van der Waals surface area contributed by atoms with Gasteiger partial charge in [0.1, 0.15) is 12.0 Å². The highest BCUT2D eigenvalue weighted by Crippen LogP contribution is 2.39. The van der Waals surface area contributed by atoms with E-state index in [1.54, 1.807) is 0 Å². The van der Waals surface area contributed by atoms with Crippen molar-refractivity contribution < 1.29 is 22.7 Å². The normalized spacial score (nSPS) is 22.1. The molecule has 0 saturated carbocycles. The van der Waals surface area contributed by atoms with E-state index in [1.807, 2.05) is 17.0 Å². The van der Waals surface area contributed by atoms with Crippen LogP contribution in [0.1, 0.15) is 63.0 Å². The molecule has 196 valence electrons. The molecule has 1 aromatic rings. The molecule has 2 heterocycles. The van der Waals surface area contributed by atoms with Crippen LogP contribution in [-0.4, -0.2) is 82.0 Å². The second-order valence-electron chi connectivity index (χ2n) is 9.83. The molecule has 1 fully saturated rings. The van der Waals surface area contributed by atoms with Crippen LogP contribution < -0.4 is 9.46 Å². The zero-order chi connectivity index (χ0) is 25.4. The number of likely N-dealkylation sites (tertiary alicyclic amines) is 1. The molecule has 0 bridgehead atoms. The number of hydrogen-bond donors (Lipinski definition) is 1. The SMILES string of the molecule is CCCCN(CCCC)C(=O)CN1C[C@H](c2ccc3c(c2)CCO3)[C@@H](C=O)[C@@H]1CCNS(C)(=O)=O. The highest BCUT2D eigenvalue weighted by Gasteiger charge is 2.43. The van der Waals surface area contributed by atoms with Gasteiger partial charge in [-0.05, 0) is 36.5 Å². The van der Waals surface area contributed by atoms with Crippen LogP contribution in [0.5, 0.6) is 5.75 Å². The first-order valence-corrected chi connectivity index (χ1v) is 14.8. The number of fused-ring (bicyclic) bond motifs is 1. The van der Waals surface area contributed by atoms with Gasteiger partial charge in [-0.25, -0.2) is 13.1 Å². The highest BCUT2D eigenvalue weighted by atomic mass is 32.2. The maximum atomic E-state index is 13.3. The van der Waals surface area contributed by atoms with Crippen LogP contribution in [0.2, 0.25) is 0 Å². The molecular weight excluding hydrogens is 466 g/mol. The number of hydrogen-bond acceptors (Lipinski definition) is 6. The number of sulfonamides is 1. The van der Waals surface area contributed by atoms with Gasteiger partial charge in [0.2, 0.25) is 15.9 Å². The molecule has 9 heteroatoms. The number of carbonyl (C=O) groups excluding carboxylic acids is 2. The summed E-state index contributed by atoms with van der Waals surface area (Å²) < 4.78 is 31.5. The minimum Gasteiger partial charge on any atom is -0.493 e. The molecule has 0 aliphatic carbocycles. The second kappa shape index (κ2) is 12.8. The molecule has 0 unspecified atom stereocenters. The molecule has 35 heavy (non-hydrogen) atoms. The smallest absolute Gasteiger partial charge is 0.236 e. The van der Waals surface area contributed by atoms with Crippen LogP contribution in [0.15, 0.2) is 18.2 Å². The molecule has 0 spiro atoms. The third-order valence-corrected chi connectivity index (χ3v) is 7.90. The average Bonchev–Trinajstić information content (AvgIpc) is 3.42. The predicted molar refractivity (Wildman–Crippen MR) is 137 cm³/mol. The van der Waals surface area contributed by atoms with Gasteiger partial charge in [0, 0.05) is 50.5 Å². The van der Waals surface area contributed by atoms with Gasteiger partial charge in [0.05, 0.1) is 19.4 Å². The maximum Gasteiger partial charge on any atom is 0.236 e.